The average Bonchev–Trinajstić information content (AvgIpc) is 2.75. The number of hydrogen-bond acceptors (Lipinski definition) is 3. The standard InChI is InChI=1S/C18H26N2O/c1-6-19-11-16-10-18(21-15(16)4)12-20(5)17-8-13(2)7-14(3)9-17/h7-10,19H,6,11-12H2,1-5H3. The number of aryl methyl sites for hydroxylation is 3. The van der Waals surface area contributed by atoms with Crippen molar-refractivity contribution in [2.24, 2.45) is 0 Å². The van der Waals surface area contributed by atoms with Crippen molar-refractivity contribution in [3.05, 3.63) is 52.5 Å². The number of hydrogen-bond donors (Lipinski definition) is 1. The summed E-state index contributed by atoms with van der Waals surface area (Å²) in [5.41, 5.74) is 5.07. The predicted molar refractivity (Wildman–Crippen MR) is 88.8 cm³/mol. The molecule has 2 aromatic rings. The summed E-state index contributed by atoms with van der Waals surface area (Å²) in [4.78, 5) is 2.23. The molecule has 2 rings (SSSR count). The minimum absolute atomic E-state index is 0.788. The highest BCUT2D eigenvalue weighted by atomic mass is 16.3. The van der Waals surface area contributed by atoms with E-state index in [1.165, 1.54) is 22.4 Å². The van der Waals surface area contributed by atoms with Crippen molar-refractivity contribution in [2.45, 2.75) is 40.8 Å². The quantitative estimate of drug-likeness (QED) is 0.871. The van der Waals surface area contributed by atoms with Gasteiger partial charge >= 0.3 is 0 Å². The Morgan fingerprint density at radius 3 is 2.33 bits per heavy atom. The van der Waals surface area contributed by atoms with Crippen molar-refractivity contribution in [3.63, 3.8) is 0 Å². The molecular weight excluding hydrogens is 260 g/mol. The zero-order valence-corrected chi connectivity index (χ0v) is 13.8. The molecule has 0 spiro atoms. The molecular formula is C18H26N2O. The lowest BCUT2D eigenvalue weighted by atomic mass is 10.1. The Morgan fingerprint density at radius 1 is 1.05 bits per heavy atom. The van der Waals surface area contributed by atoms with Crippen LogP contribution in [0, 0.1) is 20.8 Å². The van der Waals surface area contributed by atoms with Gasteiger partial charge in [-0.25, -0.2) is 0 Å². The average molecular weight is 286 g/mol. The molecule has 0 unspecified atom stereocenters. The predicted octanol–water partition coefficient (Wildman–Crippen LogP) is 3.95. The topological polar surface area (TPSA) is 28.4 Å². The molecule has 3 nitrogen and oxygen atoms in total. The number of furan rings is 1. The summed E-state index contributed by atoms with van der Waals surface area (Å²) >= 11 is 0. The minimum atomic E-state index is 0.788. The zero-order valence-electron chi connectivity index (χ0n) is 13.8. The van der Waals surface area contributed by atoms with Crippen molar-refractivity contribution in [1.82, 2.24) is 5.32 Å². The summed E-state index contributed by atoms with van der Waals surface area (Å²) < 4.78 is 5.88. The SMILES string of the molecule is CCNCc1cc(CN(C)c2cc(C)cc(C)c2)oc1C. The summed E-state index contributed by atoms with van der Waals surface area (Å²) in [6.45, 7) is 11.1. The van der Waals surface area contributed by atoms with Crippen molar-refractivity contribution in [2.75, 3.05) is 18.5 Å². The van der Waals surface area contributed by atoms with Crippen LogP contribution < -0.4 is 10.2 Å². The van der Waals surface area contributed by atoms with E-state index >= 15 is 0 Å². The van der Waals surface area contributed by atoms with E-state index in [0.29, 0.717) is 0 Å². The van der Waals surface area contributed by atoms with Gasteiger partial charge in [0.2, 0.25) is 0 Å². The third-order valence-corrected chi connectivity index (χ3v) is 3.68. The van der Waals surface area contributed by atoms with Gasteiger partial charge in [-0.2, -0.15) is 0 Å². The third-order valence-electron chi connectivity index (χ3n) is 3.68. The highest BCUT2D eigenvalue weighted by molar-refractivity contribution is 5.50. The molecule has 0 atom stereocenters. The second-order valence-electron chi connectivity index (χ2n) is 5.78. The lowest BCUT2D eigenvalue weighted by molar-refractivity contribution is 0.478. The summed E-state index contributed by atoms with van der Waals surface area (Å²) in [5.74, 6) is 2.03. The third kappa shape index (κ3) is 4.11. The molecule has 0 saturated heterocycles. The zero-order chi connectivity index (χ0) is 15.4. The Morgan fingerprint density at radius 2 is 1.71 bits per heavy atom. The van der Waals surface area contributed by atoms with Gasteiger partial charge in [-0.15, -0.1) is 0 Å². The fourth-order valence-corrected chi connectivity index (χ4v) is 2.60. The number of rotatable bonds is 6. The van der Waals surface area contributed by atoms with Gasteiger partial charge in [0.25, 0.3) is 0 Å². The Labute approximate surface area is 128 Å². The smallest absolute Gasteiger partial charge is 0.123 e. The van der Waals surface area contributed by atoms with Crippen LogP contribution in [-0.2, 0) is 13.1 Å². The van der Waals surface area contributed by atoms with Crippen LogP contribution >= 0.6 is 0 Å². The molecule has 0 bridgehead atoms. The molecule has 0 amide bonds. The van der Waals surface area contributed by atoms with E-state index in [4.69, 9.17) is 4.42 Å². The molecule has 0 aliphatic heterocycles. The van der Waals surface area contributed by atoms with Crippen molar-refractivity contribution in [1.29, 1.82) is 0 Å². The van der Waals surface area contributed by atoms with Crippen LogP contribution in [0.3, 0.4) is 0 Å². The number of anilines is 1. The van der Waals surface area contributed by atoms with E-state index in [-0.39, 0.29) is 0 Å². The summed E-state index contributed by atoms with van der Waals surface area (Å²) in [6, 6.07) is 8.78. The van der Waals surface area contributed by atoms with Gasteiger partial charge in [-0.3, -0.25) is 0 Å². The van der Waals surface area contributed by atoms with Crippen LogP contribution in [0.1, 0.15) is 35.1 Å². The van der Waals surface area contributed by atoms with Crippen molar-refractivity contribution < 1.29 is 4.42 Å². The van der Waals surface area contributed by atoms with Crippen molar-refractivity contribution in [3.8, 4) is 0 Å². The lowest BCUT2D eigenvalue weighted by Gasteiger charge is -2.19. The number of benzene rings is 1. The maximum atomic E-state index is 5.88. The van der Waals surface area contributed by atoms with Crippen LogP contribution in [0.5, 0.6) is 0 Å². The van der Waals surface area contributed by atoms with Gasteiger partial charge < -0.3 is 14.6 Å². The summed E-state index contributed by atoms with van der Waals surface area (Å²) in [6.07, 6.45) is 0. The molecule has 0 fully saturated rings. The molecule has 1 N–H and O–H groups in total. The molecule has 1 aromatic carbocycles. The van der Waals surface area contributed by atoms with Gasteiger partial charge in [0, 0.05) is 24.8 Å². The number of nitrogens with zero attached hydrogens (tertiary/aromatic N) is 1. The Balaban J connectivity index is 2.10. The molecule has 3 heteroatoms. The first kappa shape index (κ1) is 15.6. The van der Waals surface area contributed by atoms with Crippen LogP contribution in [0.2, 0.25) is 0 Å². The van der Waals surface area contributed by atoms with Gasteiger partial charge in [-0.05, 0) is 56.6 Å². The molecule has 0 aliphatic rings. The maximum Gasteiger partial charge on any atom is 0.123 e. The van der Waals surface area contributed by atoms with Crippen molar-refractivity contribution >= 4 is 5.69 Å². The number of nitrogens with one attached hydrogen (secondary N) is 1. The molecule has 114 valence electrons. The molecule has 0 saturated carbocycles. The van der Waals surface area contributed by atoms with E-state index in [9.17, 15) is 0 Å². The largest absolute Gasteiger partial charge is 0.464 e. The summed E-state index contributed by atoms with van der Waals surface area (Å²) in [7, 11) is 2.11. The van der Waals surface area contributed by atoms with Gasteiger partial charge in [0.15, 0.2) is 0 Å². The molecule has 0 aliphatic carbocycles. The van der Waals surface area contributed by atoms with Gasteiger partial charge in [0.1, 0.15) is 11.5 Å². The van der Waals surface area contributed by atoms with Crippen LogP contribution in [0.25, 0.3) is 0 Å². The molecule has 1 aromatic heterocycles. The fraction of sp³-hybridized carbons (Fsp3) is 0.444. The van der Waals surface area contributed by atoms with Gasteiger partial charge in [0.05, 0.1) is 6.54 Å². The second-order valence-corrected chi connectivity index (χ2v) is 5.78. The van der Waals surface area contributed by atoms with Crippen LogP contribution in [0.15, 0.2) is 28.7 Å². The van der Waals surface area contributed by atoms with E-state index in [1.807, 2.05) is 6.92 Å². The van der Waals surface area contributed by atoms with E-state index in [1.54, 1.807) is 0 Å². The van der Waals surface area contributed by atoms with E-state index < -0.39 is 0 Å². The summed E-state index contributed by atoms with van der Waals surface area (Å²) in [5, 5.41) is 3.35. The monoisotopic (exact) mass is 286 g/mol. The fourth-order valence-electron chi connectivity index (χ4n) is 2.60. The first-order valence-corrected chi connectivity index (χ1v) is 7.58. The molecule has 0 radical (unpaired) electrons. The normalized spacial score (nSPS) is 10.9. The molecule has 1 heterocycles. The Kier molecular flexibility index (Phi) is 5.07. The van der Waals surface area contributed by atoms with Crippen LogP contribution in [-0.4, -0.2) is 13.6 Å². The van der Waals surface area contributed by atoms with Gasteiger partial charge in [-0.1, -0.05) is 13.0 Å². The Hall–Kier alpha value is -1.74. The second kappa shape index (κ2) is 6.81. The lowest BCUT2D eigenvalue weighted by Crippen LogP contribution is -2.16. The van der Waals surface area contributed by atoms with Crippen LogP contribution in [0.4, 0.5) is 5.69 Å². The maximum absolute atomic E-state index is 5.88. The molecule has 21 heavy (non-hydrogen) atoms. The van der Waals surface area contributed by atoms with E-state index in [2.05, 4.69) is 62.3 Å². The first-order chi connectivity index (χ1) is 9.99. The highest BCUT2D eigenvalue weighted by Crippen LogP contribution is 2.21. The first-order valence-electron chi connectivity index (χ1n) is 7.58. The minimum Gasteiger partial charge on any atom is -0.464 e. The Bertz CT molecular complexity index is 581. The highest BCUT2D eigenvalue weighted by Gasteiger charge is 2.10. The van der Waals surface area contributed by atoms with E-state index in [0.717, 1.165) is 31.2 Å².